The maximum absolute atomic E-state index is 10.4. The Morgan fingerprint density at radius 1 is 0.769 bits per heavy atom. The van der Waals surface area contributed by atoms with Crippen LogP contribution < -0.4 is 18.9 Å². The number of carbonyl (C=O) groups is 1. The Bertz CT molecular complexity index is 946. The van der Waals surface area contributed by atoms with Crippen molar-refractivity contribution in [2.75, 3.05) is 19.8 Å². The zero-order valence-electron chi connectivity index (χ0n) is 24.3. The largest absolute Gasteiger partial charge is 1.00 e. The van der Waals surface area contributed by atoms with Gasteiger partial charge in [-0.15, -0.1) is 12.4 Å². The summed E-state index contributed by atoms with van der Waals surface area (Å²) in [6.45, 7) is 2.30. The van der Waals surface area contributed by atoms with Crippen molar-refractivity contribution < 1.29 is 40.0 Å². The third-order valence-electron chi connectivity index (χ3n) is 6.96. The van der Waals surface area contributed by atoms with E-state index in [1.165, 1.54) is 73.2 Å². The third-order valence-corrected chi connectivity index (χ3v) is 6.96. The molecular formula is C30H49AlClLiN2O4. The molecule has 0 spiro atoms. The predicted molar refractivity (Wildman–Crippen MR) is 161 cm³/mol. The number of aromatic nitrogens is 2. The smallest absolute Gasteiger partial charge is 1.00 e. The zero-order chi connectivity index (χ0) is 25.4. The Labute approximate surface area is 265 Å². The predicted octanol–water partition coefficient (Wildman–Crippen LogP) is 1.79. The third kappa shape index (κ3) is 15.1. The quantitative estimate of drug-likeness (QED) is 0.371. The molecule has 0 radical (unpaired) electrons. The first-order valence-corrected chi connectivity index (χ1v) is 14.0. The Kier molecular flexibility index (Phi) is 22.2. The fourth-order valence-electron chi connectivity index (χ4n) is 4.88. The first kappa shape index (κ1) is 38.1. The van der Waals surface area contributed by atoms with Gasteiger partial charge in [0.15, 0.2) is 17.4 Å². The average molecular weight is 571 g/mol. The molecule has 0 saturated carbocycles. The van der Waals surface area contributed by atoms with E-state index in [0.29, 0.717) is 13.0 Å². The molecule has 39 heavy (non-hydrogen) atoms. The van der Waals surface area contributed by atoms with Crippen LogP contribution in [-0.2, 0) is 48.1 Å². The molecule has 9 heteroatoms. The summed E-state index contributed by atoms with van der Waals surface area (Å²) in [7, 11) is 0. The number of nitrogens with zero attached hydrogens (tertiary/aromatic N) is 2. The fourth-order valence-corrected chi connectivity index (χ4v) is 4.88. The van der Waals surface area contributed by atoms with Gasteiger partial charge in [-0.2, -0.15) is 0 Å². The van der Waals surface area contributed by atoms with Gasteiger partial charge in [0.05, 0.1) is 0 Å². The van der Waals surface area contributed by atoms with E-state index in [1.54, 1.807) is 0 Å². The van der Waals surface area contributed by atoms with Crippen molar-refractivity contribution in [3.8, 4) is 0 Å². The molecule has 5 rings (SSSR count). The number of aliphatic hydroxyl groups is 1. The molecule has 2 aromatic rings. The molecule has 2 aromatic heterocycles. The number of aryl methyl sites for hydroxylation is 6. The number of aliphatic hydroxyl groups excluding tert-OH is 1. The van der Waals surface area contributed by atoms with Crippen molar-refractivity contribution in [2.45, 2.75) is 103 Å². The van der Waals surface area contributed by atoms with Crippen LogP contribution in [0.2, 0.25) is 0 Å². The van der Waals surface area contributed by atoms with Crippen LogP contribution in [0.1, 0.15) is 99.5 Å². The van der Waals surface area contributed by atoms with Crippen LogP contribution >= 0.6 is 12.4 Å². The van der Waals surface area contributed by atoms with Gasteiger partial charge in [-0.25, -0.2) is 0 Å². The molecular weight excluding hydrogens is 522 g/mol. The fraction of sp³-hybridized carbons (Fsp3) is 0.633. The Morgan fingerprint density at radius 3 is 1.69 bits per heavy atom. The molecule has 0 amide bonds. The van der Waals surface area contributed by atoms with Crippen molar-refractivity contribution in [3.63, 3.8) is 0 Å². The number of rotatable bonds is 8. The van der Waals surface area contributed by atoms with E-state index in [9.17, 15) is 4.79 Å². The molecule has 3 heterocycles. The minimum atomic E-state index is -0.724. The van der Waals surface area contributed by atoms with Crippen LogP contribution in [-0.4, -0.2) is 63.3 Å². The van der Waals surface area contributed by atoms with Gasteiger partial charge in [0.2, 0.25) is 0 Å². The summed E-state index contributed by atoms with van der Waals surface area (Å²) in [4.78, 5) is 19.7. The first-order valence-electron chi connectivity index (χ1n) is 14.0. The number of fused-ring (bicyclic) bond motifs is 2. The molecule has 0 bridgehead atoms. The number of hydrogen-bond donors (Lipinski definition) is 2. The van der Waals surface area contributed by atoms with Gasteiger partial charge in [0, 0.05) is 49.0 Å². The van der Waals surface area contributed by atoms with Gasteiger partial charge in [-0.05, 0) is 120 Å². The van der Waals surface area contributed by atoms with E-state index in [1.807, 2.05) is 6.07 Å². The summed E-state index contributed by atoms with van der Waals surface area (Å²) in [6, 6.07) is 8.61. The van der Waals surface area contributed by atoms with Crippen LogP contribution in [0.3, 0.4) is 0 Å². The molecule has 6 nitrogen and oxygen atoms in total. The minimum absolute atomic E-state index is 0. The molecule has 1 fully saturated rings. The van der Waals surface area contributed by atoms with Gasteiger partial charge in [-0.1, -0.05) is 12.1 Å². The van der Waals surface area contributed by atoms with Crippen LogP contribution in [0.5, 0.6) is 0 Å². The first-order chi connectivity index (χ1) is 17.7. The Hall–Kier alpha value is -0.890. The second-order valence-corrected chi connectivity index (χ2v) is 9.98. The number of carboxylic acids is 1. The molecule has 0 unspecified atom stereocenters. The summed E-state index contributed by atoms with van der Waals surface area (Å²) in [5.74, 6) is -0.724. The van der Waals surface area contributed by atoms with Crippen molar-refractivity contribution in [3.05, 3.63) is 58.2 Å². The monoisotopic (exact) mass is 570 g/mol. The van der Waals surface area contributed by atoms with Gasteiger partial charge in [0.25, 0.3) is 0 Å². The second kappa shape index (κ2) is 22.8. The SMILES string of the molecule is C1CCOC1.Cl.O=C(O)CCCc1ccc2c(n1)CCCC2.OCCCCc1ccc2c(n1)CCCC2.[AlH3].[H-].[Li+]. The van der Waals surface area contributed by atoms with Crippen LogP contribution in [0.4, 0.5) is 0 Å². The summed E-state index contributed by atoms with van der Waals surface area (Å²) >= 11 is 0. The van der Waals surface area contributed by atoms with Gasteiger partial charge in [-0.3, -0.25) is 14.8 Å². The number of hydrogen-bond acceptors (Lipinski definition) is 5. The number of aliphatic carboxylic acids is 1. The Balaban J connectivity index is 0. The summed E-state index contributed by atoms with van der Waals surface area (Å²) < 4.78 is 4.94. The van der Waals surface area contributed by atoms with E-state index < -0.39 is 5.97 Å². The maximum Gasteiger partial charge on any atom is 1.00 e. The van der Waals surface area contributed by atoms with Crippen molar-refractivity contribution in [2.24, 2.45) is 0 Å². The number of pyridine rings is 2. The van der Waals surface area contributed by atoms with Crippen LogP contribution in [0.25, 0.3) is 0 Å². The van der Waals surface area contributed by atoms with Crippen LogP contribution in [0, 0.1) is 0 Å². The zero-order valence-corrected chi connectivity index (χ0v) is 24.1. The second-order valence-electron chi connectivity index (χ2n) is 9.98. The van der Waals surface area contributed by atoms with Crippen molar-refractivity contribution >= 4 is 35.7 Å². The van der Waals surface area contributed by atoms with Crippen molar-refractivity contribution in [1.29, 1.82) is 0 Å². The van der Waals surface area contributed by atoms with Crippen LogP contribution in [0.15, 0.2) is 24.3 Å². The summed E-state index contributed by atoms with van der Waals surface area (Å²) in [6.07, 6.45) is 16.9. The van der Waals surface area contributed by atoms with Gasteiger partial charge in [0.1, 0.15) is 0 Å². The van der Waals surface area contributed by atoms with Gasteiger partial charge < -0.3 is 16.4 Å². The van der Waals surface area contributed by atoms with E-state index in [4.69, 9.17) is 19.9 Å². The van der Waals surface area contributed by atoms with E-state index >= 15 is 0 Å². The summed E-state index contributed by atoms with van der Waals surface area (Å²) in [5, 5.41) is 17.3. The molecule has 0 atom stereocenters. The number of carboxylic acid groups (broad SMARTS) is 1. The molecule has 1 saturated heterocycles. The molecule has 2 aliphatic carbocycles. The van der Waals surface area contributed by atoms with Crippen molar-refractivity contribution in [1.82, 2.24) is 9.97 Å². The molecule has 2 N–H and O–H groups in total. The van der Waals surface area contributed by atoms with E-state index in [2.05, 4.69) is 23.2 Å². The molecule has 3 aliphatic rings. The normalized spacial score (nSPS) is 14.8. The molecule has 0 aromatic carbocycles. The minimum Gasteiger partial charge on any atom is -1.00 e. The molecule has 1 aliphatic heterocycles. The number of unbranched alkanes of at least 4 members (excludes halogenated alkanes) is 1. The maximum atomic E-state index is 10.4. The standard InChI is InChI=1S/C13H17NO2.C13H19NO.C4H8O.Al.ClH.Li.4H/c15-13(16)7-3-5-11-9-8-10-4-1-2-6-12(10)14-11;15-10-4-3-6-12-9-8-11-5-1-2-7-13(11)14-12;1-2-4-5-3-1;;;;;;;/h8-9H,1-7H2,(H,15,16);8-9,15H,1-7,10H2;1-4H2;;1H;;;;;/q;;;;;+1;;;;-1. The number of ether oxygens (including phenoxy) is 1. The Morgan fingerprint density at radius 2 is 1.26 bits per heavy atom. The van der Waals surface area contributed by atoms with Gasteiger partial charge >= 0.3 is 24.8 Å². The van der Waals surface area contributed by atoms with E-state index in [-0.39, 0.29) is 56.5 Å². The molecule has 214 valence electrons. The average Bonchev–Trinajstić information content (AvgIpc) is 3.50. The number of halogens is 1. The summed E-state index contributed by atoms with van der Waals surface area (Å²) in [5.41, 5.74) is 7.63. The topological polar surface area (TPSA) is 92.5 Å². The van der Waals surface area contributed by atoms with E-state index in [0.717, 1.165) is 63.9 Å².